The summed E-state index contributed by atoms with van der Waals surface area (Å²) in [4.78, 5) is 14.1. The molecule has 1 aliphatic heterocycles. The average molecular weight is 348 g/mol. The topological polar surface area (TPSA) is 49.6 Å². The summed E-state index contributed by atoms with van der Waals surface area (Å²) in [6.07, 6.45) is 6.28. The van der Waals surface area contributed by atoms with Crippen molar-refractivity contribution < 1.29 is 0 Å². The van der Waals surface area contributed by atoms with Crippen molar-refractivity contribution >= 4 is 11.6 Å². The van der Waals surface area contributed by atoms with Crippen LogP contribution in [0.25, 0.3) is 5.78 Å². The maximum atomic E-state index is 4.75. The van der Waals surface area contributed by atoms with Gasteiger partial charge in [0.15, 0.2) is 0 Å². The molecule has 1 fully saturated rings. The first-order valence-electron chi connectivity index (χ1n) is 9.61. The van der Waals surface area contributed by atoms with Crippen molar-refractivity contribution in [2.45, 2.75) is 32.2 Å². The second-order valence-electron chi connectivity index (χ2n) is 7.29. The number of hydrogen-bond donors (Lipinski definition) is 0. The second-order valence-corrected chi connectivity index (χ2v) is 7.29. The minimum Gasteiger partial charge on any atom is -0.354 e. The van der Waals surface area contributed by atoms with Gasteiger partial charge in [0.2, 0.25) is 0 Å². The summed E-state index contributed by atoms with van der Waals surface area (Å²) in [5, 5.41) is 4.48. The van der Waals surface area contributed by atoms with Gasteiger partial charge in [-0.2, -0.15) is 14.6 Å². The number of hydrogen-bond acceptors (Lipinski definition) is 5. The molecule has 0 bridgehead atoms. The highest BCUT2D eigenvalue weighted by Gasteiger charge is 2.26. The Morgan fingerprint density at radius 2 is 1.73 bits per heavy atom. The summed E-state index contributed by atoms with van der Waals surface area (Å²) < 4.78 is 1.96. The SMILES string of the molecule is c1ccc(CN2CCN(c3c4c(nc5ncnn35)CCCC4)CC2)cc1. The van der Waals surface area contributed by atoms with E-state index in [1.54, 1.807) is 6.33 Å². The van der Waals surface area contributed by atoms with Crippen molar-refractivity contribution in [1.82, 2.24) is 24.5 Å². The van der Waals surface area contributed by atoms with E-state index in [2.05, 4.69) is 50.2 Å². The first kappa shape index (κ1) is 15.8. The van der Waals surface area contributed by atoms with Crippen LogP contribution in [-0.2, 0) is 19.4 Å². The molecule has 2 aromatic heterocycles. The first-order chi connectivity index (χ1) is 12.9. The molecule has 0 spiro atoms. The van der Waals surface area contributed by atoms with Gasteiger partial charge in [-0.15, -0.1) is 0 Å². The lowest BCUT2D eigenvalue weighted by atomic mass is 9.96. The Kier molecular flexibility index (Phi) is 4.05. The van der Waals surface area contributed by atoms with Crippen molar-refractivity contribution in [3.05, 3.63) is 53.5 Å². The summed E-state index contributed by atoms with van der Waals surface area (Å²) in [5.74, 6) is 1.98. The summed E-state index contributed by atoms with van der Waals surface area (Å²) in [5.41, 5.74) is 4.02. The van der Waals surface area contributed by atoms with Crippen LogP contribution in [0.1, 0.15) is 29.7 Å². The molecule has 6 heteroatoms. The summed E-state index contributed by atoms with van der Waals surface area (Å²) >= 11 is 0. The minimum atomic E-state index is 0.743. The third-order valence-corrected chi connectivity index (χ3v) is 5.59. The van der Waals surface area contributed by atoms with Crippen molar-refractivity contribution in [2.24, 2.45) is 0 Å². The largest absolute Gasteiger partial charge is 0.354 e. The van der Waals surface area contributed by atoms with Crippen molar-refractivity contribution in [2.75, 3.05) is 31.1 Å². The molecule has 0 unspecified atom stereocenters. The van der Waals surface area contributed by atoms with Gasteiger partial charge < -0.3 is 4.90 Å². The van der Waals surface area contributed by atoms with Crippen LogP contribution in [0.5, 0.6) is 0 Å². The van der Waals surface area contributed by atoms with Gasteiger partial charge in [-0.1, -0.05) is 30.3 Å². The molecular weight excluding hydrogens is 324 g/mol. The first-order valence-corrected chi connectivity index (χ1v) is 9.61. The Hall–Kier alpha value is -2.47. The fourth-order valence-electron chi connectivity index (χ4n) is 4.25. The number of aromatic nitrogens is 4. The van der Waals surface area contributed by atoms with E-state index in [9.17, 15) is 0 Å². The van der Waals surface area contributed by atoms with E-state index < -0.39 is 0 Å². The quantitative estimate of drug-likeness (QED) is 0.727. The lowest BCUT2D eigenvalue weighted by Gasteiger charge is -2.37. The molecule has 134 valence electrons. The van der Waals surface area contributed by atoms with Crippen LogP contribution >= 0.6 is 0 Å². The lowest BCUT2D eigenvalue weighted by molar-refractivity contribution is 0.248. The van der Waals surface area contributed by atoms with E-state index in [1.165, 1.54) is 35.5 Å². The molecule has 0 N–H and O–H groups in total. The van der Waals surface area contributed by atoms with Crippen molar-refractivity contribution in [3.63, 3.8) is 0 Å². The Morgan fingerprint density at radius 1 is 0.923 bits per heavy atom. The van der Waals surface area contributed by atoms with E-state index in [0.29, 0.717) is 0 Å². The molecule has 0 saturated carbocycles. The Bertz CT molecular complexity index is 895. The van der Waals surface area contributed by atoms with Crippen LogP contribution in [-0.4, -0.2) is 50.7 Å². The van der Waals surface area contributed by atoms with E-state index in [4.69, 9.17) is 4.98 Å². The smallest absolute Gasteiger partial charge is 0.254 e. The number of nitrogens with zero attached hydrogens (tertiary/aromatic N) is 6. The van der Waals surface area contributed by atoms with Gasteiger partial charge in [0, 0.05) is 38.3 Å². The number of anilines is 1. The van der Waals surface area contributed by atoms with Crippen molar-refractivity contribution in [3.8, 4) is 0 Å². The van der Waals surface area contributed by atoms with Crippen LogP contribution in [0.4, 0.5) is 5.82 Å². The van der Waals surface area contributed by atoms with Gasteiger partial charge in [-0.25, -0.2) is 4.98 Å². The molecule has 3 aromatic rings. The maximum Gasteiger partial charge on any atom is 0.254 e. The van der Waals surface area contributed by atoms with E-state index in [0.717, 1.165) is 51.3 Å². The Balaban J connectivity index is 1.39. The van der Waals surface area contributed by atoms with E-state index >= 15 is 0 Å². The molecule has 5 rings (SSSR count). The molecule has 1 aromatic carbocycles. The number of rotatable bonds is 3. The van der Waals surface area contributed by atoms with Crippen LogP contribution in [0.3, 0.4) is 0 Å². The number of fused-ring (bicyclic) bond motifs is 2. The lowest BCUT2D eigenvalue weighted by Crippen LogP contribution is -2.47. The third-order valence-electron chi connectivity index (χ3n) is 5.59. The molecule has 0 radical (unpaired) electrons. The highest BCUT2D eigenvalue weighted by molar-refractivity contribution is 5.55. The van der Waals surface area contributed by atoms with Crippen LogP contribution < -0.4 is 4.90 Å². The molecular formula is C20H24N6. The van der Waals surface area contributed by atoms with Gasteiger partial charge >= 0.3 is 0 Å². The molecule has 0 amide bonds. The zero-order valence-corrected chi connectivity index (χ0v) is 15.0. The van der Waals surface area contributed by atoms with Crippen LogP contribution in [0.15, 0.2) is 36.7 Å². The predicted octanol–water partition coefficient (Wildman–Crippen LogP) is 2.33. The molecule has 1 aliphatic carbocycles. The zero-order chi connectivity index (χ0) is 17.3. The van der Waals surface area contributed by atoms with Crippen LogP contribution in [0, 0.1) is 0 Å². The van der Waals surface area contributed by atoms with E-state index in [1.807, 2.05) is 4.52 Å². The fraction of sp³-hybridized carbons (Fsp3) is 0.450. The predicted molar refractivity (Wildman–Crippen MR) is 101 cm³/mol. The summed E-state index contributed by atoms with van der Waals surface area (Å²) in [7, 11) is 0. The number of piperazine rings is 1. The van der Waals surface area contributed by atoms with Gasteiger partial charge in [0.25, 0.3) is 5.78 Å². The Morgan fingerprint density at radius 3 is 2.58 bits per heavy atom. The molecule has 2 aliphatic rings. The average Bonchev–Trinajstić information content (AvgIpc) is 3.16. The third kappa shape index (κ3) is 2.84. The van der Waals surface area contributed by atoms with Gasteiger partial charge in [-0.3, -0.25) is 4.90 Å². The van der Waals surface area contributed by atoms with Gasteiger partial charge in [0.1, 0.15) is 12.1 Å². The Labute approximate surface area is 153 Å². The summed E-state index contributed by atoms with van der Waals surface area (Å²) in [6, 6.07) is 10.7. The fourth-order valence-corrected chi connectivity index (χ4v) is 4.25. The van der Waals surface area contributed by atoms with Gasteiger partial charge in [-0.05, 0) is 31.2 Å². The normalized spacial score (nSPS) is 18.2. The molecule has 26 heavy (non-hydrogen) atoms. The van der Waals surface area contributed by atoms with Gasteiger partial charge in [0.05, 0.1) is 5.69 Å². The summed E-state index contributed by atoms with van der Waals surface area (Å²) in [6.45, 7) is 5.22. The zero-order valence-electron chi connectivity index (χ0n) is 15.0. The standard InChI is InChI=1S/C20H24N6/c1-2-6-16(7-3-1)14-24-10-12-25(13-11-24)19-17-8-4-5-9-18(17)23-20-21-15-22-26(19)20/h1-3,6-7,15H,4-5,8-14H2. The molecule has 3 heterocycles. The molecule has 0 atom stereocenters. The highest BCUT2D eigenvalue weighted by Crippen LogP contribution is 2.30. The van der Waals surface area contributed by atoms with E-state index in [-0.39, 0.29) is 0 Å². The monoisotopic (exact) mass is 348 g/mol. The second kappa shape index (κ2) is 6.68. The minimum absolute atomic E-state index is 0.743. The van der Waals surface area contributed by atoms with Crippen molar-refractivity contribution in [1.29, 1.82) is 0 Å². The molecule has 6 nitrogen and oxygen atoms in total. The number of benzene rings is 1. The number of aryl methyl sites for hydroxylation is 1. The highest BCUT2D eigenvalue weighted by atomic mass is 15.4. The molecule has 1 saturated heterocycles. The maximum absolute atomic E-state index is 4.75. The van der Waals surface area contributed by atoms with Crippen LogP contribution in [0.2, 0.25) is 0 Å².